The Balaban J connectivity index is 1.62. The number of hydrogen-bond acceptors (Lipinski definition) is 5. The van der Waals surface area contributed by atoms with Gasteiger partial charge in [0.25, 0.3) is 5.91 Å². The van der Waals surface area contributed by atoms with Gasteiger partial charge < -0.3 is 15.2 Å². The van der Waals surface area contributed by atoms with E-state index in [9.17, 15) is 9.59 Å². The highest BCUT2D eigenvalue weighted by Crippen LogP contribution is 2.26. The summed E-state index contributed by atoms with van der Waals surface area (Å²) < 4.78 is 2.66. The number of aromatic nitrogens is 3. The van der Waals surface area contributed by atoms with Crippen molar-refractivity contribution in [2.24, 2.45) is 0 Å². The van der Waals surface area contributed by atoms with Crippen molar-refractivity contribution in [1.29, 1.82) is 0 Å². The second kappa shape index (κ2) is 11.0. The van der Waals surface area contributed by atoms with Gasteiger partial charge in [-0.1, -0.05) is 41.1 Å². The highest BCUT2D eigenvalue weighted by molar-refractivity contribution is 9.10. The highest BCUT2D eigenvalue weighted by atomic mass is 79.9. The first-order valence-electron chi connectivity index (χ1n) is 9.96. The molecule has 3 aromatic rings. The number of rotatable bonds is 8. The lowest BCUT2D eigenvalue weighted by Gasteiger charge is -2.15. The third kappa shape index (κ3) is 6.11. The molecule has 1 atom stereocenters. The van der Waals surface area contributed by atoms with Gasteiger partial charge in [0.1, 0.15) is 0 Å². The van der Waals surface area contributed by atoms with Crippen LogP contribution in [0.3, 0.4) is 0 Å². The minimum Gasteiger partial charge on any atom is -0.342 e. The monoisotopic (exact) mass is 535 g/mol. The SMILES string of the molecule is CCn1c(SCC(=O)Nc2ccc(Br)c(Cl)c2)nnc1[C@@H](C)NC(=O)c1ccc(C)cc1. The molecule has 0 bridgehead atoms. The number of benzene rings is 2. The van der Waals surface area contributed by atoms with E-state index in [0.717, 1.165) is 10.0 Å². The number of carbonyl (C=O) groups is 2. The van der Waals surface area contributed by atoms with Crippen LogP contribution in [0.5, 0.6) is 0 Å². The molecule has 1 heterocycles. The first-order valence-corrected chi connectivity index (χ1v) is 12.1. The Hall–Kier alpha value is -2.36. The van der Waals surface area contributed by atoms with Gasteiger partial charge in [0.2, 0.25) is 5.91 Å². The van der Waals surface area contributed by atoms with Crippen LogP contribution in [-0.4, -0.2) is 32.3 Å². The fraction of sp³-hybridized carbons (Fsp3) is 0.273. The molecule has 0 aliphatic heterocycles. The fourth-order valence-corrected chi connectivity index (χ4v) is 4.21. The van der Waals surface area contributed by atoms with Gasteiger partial charge in [0, 0.05) is 22.3 Å². The number of aryl methyl sites for hydroxylation is 1. The van der Waals surface area contributed by atoms with E-state index in [1.54, 1.807) is 30.3 Å². The Kier molecular flexibility index (Phi) is 8.33. The zero-order valence-corrected chi connectivity index (χ0v) is 21.0. The maximum absolute atomic E-state index is 12.5. The summed E-state index contributed by atoms with van der Waals surface area (Å²) in [6.07, 6.45) is 0. The van der Waals surface area contributed by atoms with Gasteiger partial charge >= 0.3 is 0 Å². The van der Waals surface area contributed by atoms with Gasteiger partial charge in [-0.2, -0.15) is 0 Å². The molecule has 0 radical (unpaired) electrons. The van der Waals surface area contributed by atoms with Crippen LogP contribution in [0.15, 0.2) is 52.1 Å². The fourth-order valence-electron chi connectivity index (χ4n) is 2.97. The molecule has 3 rings (SSSR count). The Labute approximate surface area is 204 Å². The highest BCUT2D eigenvalue weighted by Gasteiger charge is 2.20. The molecular weight excluding hydrogens is 514 g/mol. The topological polar surface area (TPSA) is 88.9 Å². The van der Waals surface area contributed by atoms with E-state index in [2.05, 4.69) is 36.8 Å². The van der Waals surface area contributed by atoms with Gasteiger partial charge in [-0.05, 0) is 67.0 Å². The largest absolute Gasteiger partial charge is 0.342 e. The average molecular weight is 537 g/mol. The normalized spacial score (nSPS) is 11.8. The van der Waals surface area contributed by atoms with Crippen molar-refractivity contribution in [3.8, 4) is 0 Å². The van der Waals surface area contributed by atoms with E-state index in [-0.39, 0.29) is 23.6 Å². The van der Waals surface area contributed by atoms with Crippen molar-refractivity contribution in [2.45, 2.75) is 38.5 Å². The predicted molar refractivity (Wildman–Crippen MR) is 131 cm³/mol. The van der Waals surface area contributed by atoms with Crippen molar-refractivity contribution >= 4 is 56.8 Å². The molecule has 0 fully saturated rings. The van der Waals surface area contributed by atoms with E-state index < -0.39 is 0 Å². The number of halogens is 2. The van der Waals surface area contributed by atoms with Crippen molar-refractivity contribution < 1.29 is 9.59 Å². The lowest BCUT2D eigenvalue weighted by Crippen LogP contribution is -2.28. The van der Waals surface area contributed by atoms with Crippen LogP contribution >= 0.6 is 39.3 Å². The molecule has 0 saturated carbocycles. The van der Waals surface area contributed by atoms with Crippen molar-refractivity contribution in [2.75, 3.05) is 11.1 Å². The molecular formula is C22H23BrClN5O2S. The number of nitrogens with zero attached hydrogens (tertiary/aromatic N) is 3. The minimum atomic E-state index is -0.343. The summed E-state index contributed by atoms with van der Waals surface area (Å²) >= 11 is 10.7. The van der Waals surface area contributed by atoms with Crippen molar-refractivity contribution in [1.82, 2.24) is 20.1 Å². The number of hydrogen-bond donors (Lipinski definition) is 2. The summed E-state index contributed by atoms with van der Waals surface area (Å²) in [4.78, 5) is 24.9. The second-order valence-corrected chi connectivity index (χ2v) is 9.32. The van der Waals surface area contributed by atoms with Gasteiger partial charge in [0.05, 0.1) is 16.8 Å². The molecule has 10 heteroatoms. The molecule has 0 saturated heterocycles. The van der Waals surface area contributed by atoms with Gasteiger partial charge in [0.15, 0.2) is 11.0 Å². The van der Waals surface area contributed by atoms with Crippen LogP contribution in [0, 0.1) is 6.92 Å². The maximum Gasteiger partial charge on any atom is 0.251 e. The van der Waals surface area contributed by atoms with Crippen molar-refractivity contribution in [3.63, 3.8) is 0 Å². The zero-order valence-electron chi connectivity index (χ0n) is 17.9. The standard InChI is InChI=1S/C22H23BrClN5O2S/c1-4-29-20(14(3)25-21(31)15-7-5-13(2)6-8-15)27-28-22(29)32-12-19(30)26-16-9-10-17(23)18(24)11-16/h5-11,14H,4,12H2,1-3H3,(H,25,31)(H,26,30)/t14-/m1/s1. The van der Waals surface area contributed by atoms with E-state index in [1.165, 1.54) is 11.8 Å². The Bertz CT molecular complexity index is 1120. The maximum atomic E-state index is 12.5. The molecule has 1 aromatic heterocycles. The summed E-state index contributed by atoms with van der Waals surface area (Å²) in [5.74, 6) is 0.442. The molecule has 2 N–H and O–H groups in total. The summed E-state index contributed by atoms with van der Waals surface area (Å²) in [6, 6.07) is 12.3. The summed E-state index contributed by atoms with van der Waals surface area (Å²) in [5.41, 5.74) is 2.30. The van der Waals surface area contributed by atoms with Crippen LogP contribution in [0.1, 0.15) is 41.6 Å². The van der Waals surface area contributed by atoms with Gasteiger partial charge in [-0.3, -0.25) is 9.59 Å². The molecule has 0 spiro atoms. The third-order valence-electron chi connectivity index (χ3n) is 4.65. The molecule has 168 valence electrons. The first kappa shape index (κ1) is 24.3. The Morgan fingerprint density at radius 2 is 1.91 bits per heavy atom. The van der Waals surface area contributed by atoms with Crippen molar-refractivity contribution in [3.05, 3.63) is 68.9 Å². The van der Waals surface area contributed by atoms with Crippen LogP contribution in [0.2, 0.25) is 5.02 Å². The van der Waals surface area contributed by atoms with E-state index in [4.69, 9.17) is 11.6 Å². The summed E-state index contributed by atoms with van der Waals surface area (Å²) in [7, 11) is 0. The number of anilines is 1. The van der Waals surface area contributed by atoms with E-state index in [0.29, 0.717) is 33.8 Å². The Morgan fingerprint density at radius 1 is 1.19 bits per heavy atom. The smallest absolute Gasteiger partial charge is 0.251 e. The lowest BCUT2D eigenvalue weighted by atomic mass is 10.1. The molecule has 0 aliphatic carbocycles. The van der Waals surface area contributed by atoms with Gasteiger partial charge in [-0.25, -0.2) is 0 Å². The third-order valence-corrected chi connectivity index (χ3v) is 6.85. The first-order chi connectivity index (χ1) is 15.3. The summed E-state index contributed by atoms with van der Waals surface area (Å²) in [6.45, 7) is 6.41. The van der Waals surface area contributed by atoms with Crippen LogP contribution < -0.4 is 10.6 Å². The minimum absolute atomic E-state index is 0.163. The lowest BCUT2D eigenvalue weighted by molar-refractivity contribution is -0.113. The molecule has 0 aliphatic rings. The molecule has 0 unspecified atom stereocenters. The van der Waals surface area contributed by atoms with Crippen LogP contribution in [0.25, 0.3) is 0 Å². The predicted octanol–water partition coefficient (Wildman–Crippen LogP) is 5.24. The second-order valence-electron chi connectivity index (χ2n) is 7.11. The number of carbonyl (C=O) groups excluding carboxylic acids is 2. The quantitative estimate of drug-likeness (QED) is 0.384. The van der Waals surface area contributed by atoms with Crippen LogP contribution in [-0.2, 0) is 11.3 Å². The summed E-state index contributed by atoms with van der Waals surface area (Å²) in [5, 5.41) is 15.4. The van der Waals surface area contributed by atoms with Crippen LogP contribution in [0.4, 0.5) is 5.69 Å². The number of thioether (sulfide) groups is 1. The van der Waals surface area contributed by atoms with Gasteiger partial charge in [-0.15, -0.1) is 10.2 Å². The molecule has 32 heavy (non-hydrogen) atoms. The zero-order chi connectivity index (χ0) is 23.3. The average Bonchev–Trinajstić information content (AvgIpc) is 3.18. The number of nitrogens with one attached hydrogen (secondary N) is 2. The van der Waals surface area contributed by atoms with E-state index >= 15 is 0 Å². The molecule has 7 nitrogen and oxygen atoms in total. The molecule has 2 aromatic carbocycles. The van der Waals surface area contributed by atoms with E-state index in [1.807, 2.05) is 37.5 Å². The Morgan fingerprint density at radius 3 is 2.56 bits per heavy atom. The number of amides is 2. The molecule has 2 amide bonds.